The molecular formula is C14H26F3N. The van der Waals surface area contributed by atoms with E-state index in [2.05, 4.69) is 19.2 Å². The fourth-order valence-corrected chi connectivity index (χ4v) is 2.84. The summed E-state index contributed by atoms with van der Waals surface area (Å²) in [7, 11) is 0. The summed E-state index contributed by atoms with van der Waals surface area (Å²) in [5.74, 6) is 1.19. The van der Waals surface area contributed by atoms with Crippen molar-refractivity contribution in [2.75, 3.05) is 6.54 Å². The Bertz CT molecular complexity index is 220. The van der Waals surface area contributed by atoms with E-state index in [1.165, 1.54) is 12.8 Å². The molecule has 1 N–H and O–H groups in total. The molecule has 1 atom stereocenters. The van der Waals surface area contributed by atoms with Crippen molar-refractivity contribution in [1.29, 1.82) is 0 Å². The predicted octanol–water partition coefficient (Wildman–Crippen LogP) is 4.52. The second-order valence-electron chi connectivity index (χ2n) is 5.73. The van der Waals surface area contributed by atoms with Crippen LogP contribution in [0, 0.1) is 11.8 Å². The molecular weight excluding hydrogens is 239 g/mol. The molecule has 0 saturated heterocycles. The van der Waals surface area contributed by atoms with Crippen LogP contribution in [0.5, 0.6) is 0 Å². The van der Waals surface area contributed by atoms with Gasteiger partial charge < -0.3 is 5.32 Å². The average Bonchev–Trinajstić information content (AvgIpc) is 2.29. The molecule has 1 saturated carbocycles. The first-order valence-electron chi connectivity index (χ1n) is 7.22. The first kappa shape index (κ1) is 15.8. The molecule has 0 bridgehead atoms. The molecule has 0 aromatic carbocycles. The first-order chi connectivity index (χ1) is 8.42. The monoisotopic (exact) mass is 265 g/mol. The minimum absolute atomic E-state index is 0.0547. The molecule has 0 aliphatic heterocycles. The lowest BCUT2D eigenvalue weighted by molar-refractivity contribution is -0.137. The molecule has 4 heteroatoms. The van der Waals surface area contributed by atoms with E-state index in [0.717, 1.165) is 31.7 Å². The Balaban J connectivity index is 2.43. The Kier molecular flexibility index (Phi) is 6.47. The van der Waals surface area contributed by atoms with Crippen LogP contribution in [0.1, 0.15) is 58.8 Å². The Morgan fingerprint density at radius 1 is 1.17 bits per heavy atom. The van der Waals surface area contributed by atoms with Gasteiger partial charge in [-0.25, -0.2) is 0 Å². The fraction of sp³-hybridized carbons (Fsp3) is 1.00. The van der Waals surface area contributed by atoms with Gasteiger partial charge in [-0.3, -0.25) is 0 Å². The van der Waals surface area contributed by atoms with Gasteiger partial charge in [0.2, 0.25) is 0 Å². The molecule has 18 heavy (non-hydrogen) atoms. The third kappa shape index (κ3) is 6.07. The highest BCUT2D eigenvalue weighted by Crippen LogP contribution is 2.33. The van der Waals surface area contributed by atoms with Crippen molar-refractivity contribution < 1.29 is 13.2 Å². The van der Waals surface area contributed by atoms with Gasteiger partial charge in [0.1, 0.15) is 0 Å². The van der Waals surface area contributed by atoms with E-state index >= 15 is 0 Å². The van der Waals surface area contributed by atoms with Crippen molar-refractivity contribution in [1.82, 2.24) is 5.32 Å². The van der Waals surface area contributed by atoms with Crippen LogP contribution < -0.4 is 5.32 Å². The highest BCUT2D eigenvalue weighted by Gasteiger charge is 2.31. The predicted molar refractivity (Wildman–Crippen MR) is 68.5 cm³/mol. The third-order valence-electron chi connectivity index (χ3n) is 4.02. The first-order valence-corrected chi connectivity index (χ1v) is 7.22. The van der Waals surface area contributed by atoms with E-state index in [1.807, 2.05) is 0 Å². The van der Waals surface area contributed by atoms with Crippen molar-refractivity contribution in [3.8, 4) is 0 Å². The van der Waals surface area contributed by atoms with Crippen molar-refractivity contribution in [2.45, 2.75) is 71.0 Å². The SMILES string of the molecule is CCCNC(CCC(F)(F)F)C1CCC(C)CC1. The summed E-state index contributed by atoms with van der Waals surface area (Å²) in [5, 5.41) is 3.33. The minimum atomic E-state index is -4.02. The molecule has 1 aliphatic rings. The van der Waals surface area contributed by atoms with Crippen LogP contribution in [-0.2, 0) is 0 Å². The molecule has 0 aromatic heterocycles. The lowest BCUT2D eigenvalue weighted by Crippen LogP contribution is -2.39. The number of alkyl halides is 3. The van der Waals surface area contributed by atoms with Crippen LogP contribution in [0.3, 0.4) is 0 Å². The molecule has 0 aromatic rings. The van der Waals surface area contributed by atoms with Crippen molar-refractivity contribution in [2.24, 2.45) is 11.8 Å². The summed E-state index contributed by atoms with van der Waals surface area (Å²) < 4.78 is 37.0. The summed E-state index contributed by atoms with van der Waals surface area (Å²) in [6.07, 6.45) is 1.05. The van der Waals surface area contributed by atoms with Crippen LogP contribution in [0.2, 0.25) is 0 Å². The largest absolute Gasteiger partial charge is 0.389 e. The number of hydrogen-bond acceptors (Lipinski definition) is 1. The van der Waals surface area contributed by atoms with Gasteiger partial charge in [-0.15, -0.1) is 0 Å². The fourth-order valence-electron chi connectivity index (χ4n) is 2.84. The minimum Gasteiger partial charge on any atom is -0.314 e. The Hall–Kier alpha value is -0.250. The smallest absolute Gasteiger partial charge is 0.314 e. The van der Waals surface area contributed by atoms with Gasteiger partial charge in [-0.1, -0.05) is 26.7 Å². The summed E-state index contributed by atoms with van der Waals surface area (Å²) in [4.78, 5) is 0. The summed E-state index contributed by atoms with van der Waals surface area (Å²) in [6, 6.07) is 0.0547. The topological polar surface area (TPSA) is 12.0 Å². The summed E-state index contributed by atoms with van der Waals surface area (Å²) >= 11 is 0. The van der Waals surface area contributed by atoms with Gasteiger partial charge in [0.25, 0.3) is 0 Å². The number of rotatable bonds is 6. The van der Waals surface area contributed by atoms with Gasteiger partial charge in [0.15, 0.2) is 0 Å². The summed E-state index contributed by atoms with van der Waals surface area (Å²) in [6.45, 7) is 5.12. The van der Waals surface area contributed by atoms with Gasteiger partial charge >= 0.3 is 6.18 Å². The van der Waals surface area contributed by atoms with Crippen molar-refractivity contribution in [3.05, 3.63) is 0 Å². The zero-order chi connectivity index (χ0) is 13.6. The molecule has 0 heterocycles. The summed E-state index contributed by atoms with van der Waals surface area (Å²) in [5.41, 5.74) is 0. The molecule has 0 radical (unpaired) electrons. The van der Waals surface area contributed by atoms with E-state index in [9.17, 15) is 13.2 Å². The maximum atomic E-state index is 12.3. The Morgan fingerprint density at radius 3 is 2.28 bits per heavy atom. The van der Waals surface area contributed by atoms with Crippen LogP contribution in [0.4, 0.5) is 13.2 Å². The zero-order valence-electron chi connectivity index (χ0n) is 11.5. The highest BCUT2D eigenvalue weighted by atomic mass is 19.4. The second-order valence-corrected chi connectivity index (χ2v) is 5.73. The average molecular weight is 265 g/mol. The normalized spacial score (nSPS) is 27.2. The van der Waals surface area contributed by atoms with E-state index in [0.29, 0.717) is 5.92 Å². The Morgan fingerprint density at radius 2 is 1.78 bits per heavy atom. The van der Waals surface area contributed by atoms with E-state index in [1.54, 1.807) is 0 Å². The van der Waals surface area contributed by atoms with Gasteiger partial charge in [0.05, 0.1) is 0 Å². The molecule has 1 aliphatic carbocycles. The lowest BCUT2D eigenvalue weighted by atomic mass is 9.78. The third-order valence-corrected chi connectivity index (χ3v) is 4.02. The van der Waals surface area contributed by atoms with Crippen LogP contribution in [0.25, 0.3) is 0 Å². The molecule has 1 nitrogen and oxygen atoms in total. The molecule has 0 amide bonds. The van der Waals surface area contributed by atoms with E-state index in [-0.39, 0.29) is 12.5 Å². The van der Waals surface area contributed by atoms with Crippen molar-refractivity contribution in [3.63, 3.8) is 0 Å². The lowest BCUT2D eigenvalue weighted by Gasteiger charge is -2.33. The number of hydrogen-bond donors (Lipinski definition) is 1. The zero-order valence-corrected chi connectivity index (χ0v) is 11.5. The van der Waals surface area contributed by atoms with Crippen LogP contribution in [-0.4, -0.2) is 18.8 Å². The van der Waals surface area contributed by atoms with E-state index < -0.39 is 12.6 Å². The maximum absolute atomic E-state index is 12.3. The standard InChI is InChI=1S/C14H26F3N/c1-3-10-18-13(8-9-14(15,16)17)12-6-4-11(2)5-7-12/h11-13,18H,3-10H2,1-2H3. The van der Waals surface area contributed by atoms with Crippen LogP contribution in [0.15, 0.2) is 0 Å². The van der Waals surface area contributed by atoms with Gasteiger partial charge in [0, 0.05) is 12.5 Å². The van der Waals surface area contributed by atoms with E-state index in [4.69, 9.17) is 0 Å². The molecule has 1 rings (SSSR count). The van der Waals surface area contributed by atoms with Crippen molar-refractivity contribution >= 4 is 0 Å². The number of halogens is 3. The van der Waals surface area contributed by atoms with Crippen LogP contribution >= 0.6 is 0 Å². The maximum Gasteiger partial charge on any atom is 0.389 e. The quantitative estimate of drug-likeness (QED) is 0.744. The number of nitrogens with one attached hydrogen (secondary N) is 1. The molecule has 0 spiro atoms. The Labute approximate surface area is 109 Å². The molecule has 108 valence electrons. The van der Waals surface area contributed by atoms with Gasteiger partial charge in [-0.05, 0) is 44.1 Å². The second kappa shape index (κ2) is 7.37. The molecule has 1 fully saturated rings. The highest BCUT2D eigenvalue weighted by molar-refractivity contribution is 4.81. The van der Waals surface area contributed by atoms with Gasteiger partial charge in [-0.2, -0.15) is 13.2 Å². The molecule has 1 unspecified atom stereocenters.